The van der Waals surface area contributed by atoms with Crippen molar-refractivity contribution in [2.75, 3.05) is 7.11 Å². The van der Waals surface area contributed by atoms with Crippen LogP contribution in [0.25, 0.3) is 6.08 Å². The number of fused-ring (bicyclic) bond motifs is 1. The Bertz CT molecular complexity index is 795. The van der Waals surface area contributed by atoms with E-state index in [4.69, 9.17) is 9.47 Å². The van der Waals surface area contributed by atoms with Gasteiger partial charge in [-0.15, -0.1) is 0 Å². The predicted molar refractivity (Wildman–Crippen MR) is 98.7 cm³/mol. The number of hydrogen-bond acceptors (Lipinski definition) is 3. The molecule has 4 nitrogen and oxygen atoms in total. The second-order valence-corrected chi connectivity index (χ2v) is 6.74. The zero-order valence-electron chi connectivity index (χ0n) is 14.8. The molecule has 1 atom stereocenters. The van der Waals surface area contributed by atoms with E-state index >= 15 is 0 Å². The van der Waals surface area contributed by atoms with Crippen LogP contribution in [0.4, 0.5) is 0 Å². The lowest BCUT2D eigenvalue weighted by Crippen LogP contribution is -2.40. The molecule has 0 unspecified atom stereocenters. The summed E-state index contributed by atoms with van der Waals surface area (Å²) in [6.07, 6.45) is 4.03. The van der Waals surface area contributed by atoms with E-state index in [1.54, 1.807) is 19.3 Å². The summed E-state index contributed by atoms with van der Waals surface area (Å²) in [5.74, 6) is 1.44. The zero-order valence-corrected chi connectivity index (χ0v) is 14.8. The van der Waals surface area contributed by atoms with Gasteiger partial charge in [-0.05, 0) is 32.1 Å². The topological polar surface area (TPSA) is 47.6 Å². The van der Waals surface area contributed by atoms with Crippen molar-refractivity contribution in [1.82, 2.24) is 5.32 Å². The Hall–Kier alpha value is -2.75. The summed E-state index contributed by atoms with van der Waals surface area (Å²) in [7, 11) is 1.62. The first kappa shape index (κ1) is 17.1. The van der Waals surface area contributed by atoms with E-state index in [9.17, 15) is 4.79 Å². The van der Waals surface area contributed by atoms with Gasteiger partial charge in [0.05, 0.1) is 13.2 Å². The minimum Gasteiger partial charge on any atom is -0.496 e. The number of hydrogen-bond donors (Lipinski definition) is 1. The molecule has 3 rings (SSSR count). The van der Waals surface area contributed by atoms with E-state index in [2.05, 4.69) is 5.32 Å². The van der Waals surface area contributed by atoms with E-state index < -0.39 is 0 Å². The molecule has 4 heteroatoms. The van der Waals surface area contributed by atoms with Gasteiger partial charge >= 0.3 is 0 Å². The fraction of sp³-hybridized carbons (Fsp3) is 0.286. The van der Waals surface area contributed by atoms with Crippen molar-refractivity contribution in [1.29, 1.82) is 0 Å². The normalized spacial score (nSPS) is 18.3. The molecule has 25 heavy (non-hydrogen) atoms. The predicted octanol–water partition coefficient (Wildman–Crippen LogP) is 4.13. The fourth-order valence-corrected chi connectivity index (χ4v) is 3.12. The third-order valence-corrected chi connectivity index (χ3v) is 4.25. The molecule has 0 fully saturated rings. The molecular weight excluding hydrogens is 314 g/mol. The molecule has 130 valence electrons. The highest BCUT2D eigenvalue weighted by Crippen LogP contribution is 2.39. The Kier molecular flexibility index (Phi) is 4.79. The molecule has 1 heterocycles. The maximum absolute atomic E-state index is 12.4. The molecule has 0 spiro atoms. The van der Waals surface area contributed by atoms with Crippen molar-refractivity contribution < 1.29 is 14.3 Å². The standard InChI is InChI=1S/C21H23NO3/c1-21(2)14-17(16-9-5-7-11-19(16)25-21)22-20(23)13-12-15-8-4-6-10-18(15)24-3/h4-13,17H,14H2,1-3H3,(H,22,23)/b13-12+/t17-/m0/s1. The van der Waals surface area contributed by atoms with Crippen molar-refractivity contribution in [2.45, 2.75) is 31.9 Å². The SMILES string of the molecule is COc1ccccc1/C=C/C(=O)N[C@H]1CC(C)(C)Oc2ccccc21. The highest BCUT2D eigenvalue weighted by atomic mass is 16.5. The lowest BCUT2D eigenvalue weighted by atomic mass is 9.89. The van der Waals surface area contributed by atoms with Gasteiger partial charge in [0.2, 0.25) is 5.91 Å². The van der Waals surface area contributed by atoms with E-state index in [1.165, 1.54) is 0 Å². The van der Waals surface area contributed by atoms with E-state index in [0.29, 0.717) is 0 Å². The number of para-hydroxylation sites is 2. The van der Waals surface area contributed by atoms with Gasteiger partial charge in [0.15, 0.2) is 0 Å². The van der Waals surface area contributed by atoms with Crippen molar-refractivity contribution >= 4 is 12.0 Å². The van der Waals surface area contributed by atoms with Gasteiger partial charge in [-0.25, -0.2) is 0 Å². The number of ether oxygens (including phenoxy) is 2. The Labute approximate surface area is 148 Å². The maximum atomic E-state index is 12.4. The highest BCUT2D eigenvalue weighted by molar-refractivity contribution is 5.92. The lowest BCUT2D eigenvalue weighted by Gasteiger charge is -2.37. The average Bonchev–Trinajstić information content (AvgIpc) is 2.59. The van der Waals surface area contributed by atoms with Crippen molar-refractivity contribution in [2.24, 2.45) is 0 Å². The summed E-state index contributed by atoms with van der Waals surface area (Å²) in [5.41, 5.74) is 1.56. The molecule has 0 aliphatic carbocycles. The molecule has 2 aromatic rings. The summed E-state index contributed by atoms with van der Waals surface area (Å²) in [6.45, 7) is 4.07. The number of nitrogens with one attached hydrogen (secondary N) is 1. The van der Waals surface area contributed by atoms with Crippen molar-refractivity contribution in [3.05, 3.63) is 65.7 Å². The third-order valence-electron chi connectivity index (χ3n) is 4.25. The smallest absolute Gasteiger partial charge is 0.244 e. The average molecular weight is 337 g/mol. The van der Waals surface area contributed by atoms with Crippen LogP contribution in [-0.4, -0.2) is 18.6 Å². The van der Waals surface area contributed by atoms with Crippen LogP contribution < -0.4 is 14.8 Å². The minimum absolute atomic E-state index is 0.0743. The van der Waals surface area contributed by atoms with Gasteiger partial charge in [-0.1, -0.05) is 36.4 Å². The number of benzene rings is 2. The molecule has 1 N–H and O–H groups in total. The van der Waals surface area contributed by atoms with Crippen molar-refractivity contribution in [3.63, 3.8) is 0 Å². The zero-order chi connectivity index (χ0) is 17.9. The molecule has 0 aromatic heterocycles. The highest BCUT2D eigenvalue weighted by Gasteiger charge is 2.33. The van der Waals surface area contributed by atoms with Crippen LogP contribution in [0.5, 0.6) is 11.5 Å². The van der Waals surface area contributed by atoms with Gasteiger partial charge in [0, 0.05) is 23.6 Å². The number of rotatable bonds is 4. The van der Waals surface area contributed by atoms with Gasteiger partial charge in [-0.3, -0.25) is 4.79 Å². The quantitative estimate of drug-likeness (QED) is 0.854. The summed E-state index contributed by atoms with van der Waals surface area (Å²) < 4.78 is 11.3. The lowest BCUT2D eigenvalue weighted by molar-refractivity contribution is -0.117. The van der Waals surface area contributed by atoms with Gasteiger partial charge < -0.3 is 14.8 Å². The Morgan fingerprint density at radius 3 is 2.72 bits per heavy atom. The van der Waals surface area contributed by atoms with Gasteiger partial charge in [-0.2, -0.15) is 0 Å². The summed E-state index contributed by atoms with van der Waals surface area (Å²) in [6, 6.07) is 15.4. The van der Waals surface area contributed by atoms with E-state index in [1.807, 2.05) is 62.4 Å². The molecular formula is C21H23NO3. The second kappa shape index (κ2) is 7.01. The van der Waals surface area contributed by atoms with Gasteiger partial charge in [0.25, 0.3) is 0 Å². The minimum atomic E-state index is -0.321. The molecule has 0 saturated heterocycles. The second-order valence-electron chi connectivity index (χ2n) is 6.74. The molecule has 1 aliphatic rings. The number of carbonyl (C=O) groups is 1. The van der Waals surface area contributed by atoms with Crippen LogP contribution in [0.3, 0.4) is 0 Å². The molecule has 1 aliphatic heterocycles. The first-order valence-corrected chi connectivity index (χ1v) is 8.38. The Morgan fingerprint density at radius 1 is 1.20 bits per heavy atom. The van der Waals surface area contributed by atoms with Crippen LogP contribution in [0.1, 0.15) is 37.4 Å². The van der Waals surface area contributed by atoms with Crippen LogP contribution >= 0.6 is 0 Å². The molecule has 0 radical (unpaired) electrons. The van der Waals surface area contributed by atoms with Crippen LogP contribution in [0.15, 0.2) is 54.6 Å². The fourth-order valence-electron chi connectivity index (χ4n) is 3.12. The van der Waals surface area contributed by atoms with E-state index in [0.717, 1.165) is 29.0 Å². The number of carbonyl (C=O) groups excluding carboxylic acids is 1. The molecule has 1 amide bonds. The molecule has 2 aromatic carbocycles. The molecule has 0 bridgehead atoms. The Balaban J connectivity index is 1.76. The van der Waals surface area contributed by atoms with Crippen LogP contribution in [0.2, 0.25) is 0 Å². The van der Waals surface area contributed by atoms with Crippen LogP contribution in [-0.2, 0) is 4.79 Å². The third kappa shape index (κ3) is 4.02. The van der Waals surface area contributed by atoms with Gasteiger partial charge in [0.1, 0.15) is 17.1 Å². The largest absolute Gasteiger partial charge is 0.496 e. The first-order chi connectivity index (χ1) is 12.0. The summed E-state index contributed by atoms with van der Waals surface area (Å²) >= 11 is 0. The first-order valence-electron chi connectivity index (χ1n) is 8.38. The molecule has 0 saturated carbocycles. The van der Waals surface area contributed by atoms with Crippen molar-refractivity contribution in [3.8, 4) is 11.5 Å². The number of amides is 1. The number of methoxy groups -OCH3 is 1. The maximum Gasteiger partial charge on any atom is 0.244 e. The Morgan fingerprint density at radius 2 is 1.92 bits per heavy atom. The summed E-state index contributed by atoms with van der Waals surface area (Å²) in [5, 5.41) is 3.09. The van der Waals surface area contributed by atoms with E-state index in [-0.39, 0.29) is 17.6 Å². The monoisotopic (exact) mass is 337 g/mol. The van der Waals surface area contributed by atoms with Crippen LogP contribution in [0, 0.1) is 0 Å². The summed E-state index contributed by atoms with van der Waals surface area (Å²) in [4.78, 5) is 12.4.